The number of rotatable bonds is 6. The van der Waals surface area contributed by atoms with Crippen molar-refractivity contribution in [2.24, 2.45) is 5.73 Å². The zero-order chi connectivity index (χ0) is 14.9. The lowest BCUT2D eigenvalue weighted by molar-refractivity contribution is -0.117. The Bertz CT molecular complexity index is 440. The van der Waals surface area contributed by atoms with Crippen molar-refractivity contribution in [2.45, 2.75) is 57.6 Å². The van der Waals surface area contributed by atoms with E-state index in [-0.39, 0.29) is 5.91 Å². The molecule has 1 amide bonds. The van der Waals surface area contributed by atoms with E-state index in [1.807, 2.05) is 24.3 Å². The summed E-state index contributed by atoms with van der Waals surface area (Å²) >= 11 is 0. The largest absolute Gasteiger partial charge is 0.378 e. The average Bonchev–Trinajstić information content (AvgIpc) is 2.76. The number of benzene rings is 1. The maximum Gasteiger partial charge on any atom is 0.226 e. The summed E-state index contributed by atoms with van der Waals surface area (Å²) in [5.41, 5.74) is 7.42. The first kappa shape index (κ1) is 16.0. The molecule has 0 aromatic heterocycles. The maximum atomic E-state index is 12.0. The molecule has 0 atom stereocenters. The SMILES string of the molecule is NCc1ccccc1NC(=O)CCOC1CCCCCC1. The number of ether oxygens (including phenoxy) is 1. The van der Waals surface area contributed by atoms with Crippen LogP contribution < -0.4 is 11.1 Å². The van der Waals surface area contributed by atoms with E-state index in [0.29, 0.717) is 25.7 Å². The lowest BCUT2D eigenvalue weighted by Gasteiger charge is -2.15. The summed E-state index contributed by atoms with van der Waals surface area (Å²) in [5, 5.41) is 2.91. The summed E-state index contributed by atoms with van der Waals surface area (Å²) in [5.74, 6) is -0.00970. The lowest BCUT2D eigenvalue weighted by Crippen LogP contribution is -2.19. The number of hydrogen-bond acceptors (Lipinski definition) is 3. The molecule has 1 aliphatic rings. The van der Waals surface area contributed by atoms with E-state index in [0.717, 1.165) is 24.1 Å². The van der Waals surface area contributed by atoms with Gasteiger partial charge in [0.25, 0.3) is 0 Å². The van der Waals surface area contributed by atoms with E-state index in [2.05, 4.69) is 5.32 Å². The average molecular weight is 290 g/mol. The Morgan fingerprint density at radius 3 is 2.62 bits per heavy atom. The first-order chi connectivity index (χ1) is 10.3. The van der Waals surface area contributed by atoms with Crippen LogP contribution in [0.1, 0.15) is 50.5 Å². The normalized spacial score (nSPS) is 16.4. The van der Waals surface area contributed by atoms with Crippen LogP contribution in [-0.2, 0) is 16.1 Å². The third kappa shape index (κ3) is 5.48. The minimum absolute atomic E-state index is 0.00970. The van der Waals surface area contributed by atoms with Gasteiger partial charge in [-0.1, -0.05) is 43.9 Å². The van der Waals surface area contributed by atoms with Crippen molar-refractivity contribution in [1.82, 2.24) is 0 Å². The fourth-order valence-electron chi connectivity index (χ4n) is 2.76. The molecule has 0 aliphatic heterocycles. The van der Waals surface area contributed by atoms with Crippen LogP contribution in [0, 0.1) is 0 Å². The Kier molecular flexibility index (Phi) is 6.70. The minimum Gasteiger partial charge on any atom is -0.378 e. The molecule has 0 spiro atoms. The molecular weight excluding hydrogens is 264 g/mol. The van der Waals surface area contributed by atoms with Crippen molar-refractivity contribution in [3.05, 3.63) is 29.8 Å². The minimum atomic E-state index is -0.00970. The van der Waals surface area contributed by atoms with E-state index >= 15 is 0 Å². The van der Waals surface area contributed by atoms with Crippen molar-refractivity contribution >= 4 is 11.6 Å². The first-order valence-corrected chi connectivity index (χ1v) is 7.99. The van der Waals surface area contributed by atoms with Crippen LogP contribution in [0.15, 0.2) is 24.3 Å². The molecule has 1 saturated carbocycles. The van der Waals surface area contributed by atoms with Crippen molar-refractivity contribution < 1.29 is 9.53 Å². The van der Waals surface area contributed by atoms with Crippen molar-refractivity contribution in [2.75, 3.05) is 11.9 Å². The predicted molar refractivity (Wildman–Crippen MR) is 85.0 cm³/mol. The van der Waals surface area contributed by atoms with Crippen molar-refractivity contribution in [3.8, 4) is 0 Å². The van der Waals surface area contributed by atoms with Gasteiger partial charge in [0.2, 0.25) is 5.91 Å². The fourth-order valence-corrected chi connectivity index (χ4v) is 2.76. The number of hydrogen-bond donors (Lipinski definition) is 2. The van der Waals surface area contributed by atoms with Gasteiger partial charge in [-0.05, 0) is 24.5 Å². The third-order valence-electron chi connectivity index (χ3n) is 4.00. The van der Waals surface area contributed by atoms with Gasteiger partial charge in [0.15, 0.2) is 0 Å². The van der Waals surface area contributed by atoms with Crippen molar-refractivity contribution in [1.29, 1.82) is 0 Å². The molecule has 1 aromatic rings. The number of para-hydroxylation sites is 1. The second-order valence-corrected chi connectivity index (χ2v) is 5.64. The molecule has 1 aliphatic carbocycles. The van der Waals surface area contributed by atoms with E-state index in [1.54, 1.807) is 0 Å². The molecule has 3 N–H and O–H groups in total. The molecular formula is C17H26N2O2. The van der Waals surface area contributed by atoms with Gasteiger partial charge in [-0.15, -0.1) is 0 Å². The van der Waals surface area contributed by atoms with Crippen LogP contribution in [0.25, 0.3) is 0 Å². The molecule has 21 heavy (non-hydrogen) atoms. The molecule has 0 radical (unpaired) electrons. The van der Waals surface area contributed by atoms with Crippen molar-refractivity contribution in [3.63, 3.8) is 0 Å². The molecule has 2 rings (SSSR count). The second kappa shape index (κ2) is 8.80. The van der Waals surface area contributed by atoms with E-state index in [9.17, 15) is 4.79 Å². The first-order valence-electron chi connectivity index (χ1n) is 7.99. The molecule has 0 bridgehead atoms. The van der Waals surface area contributed by atoms with Crippen LogP contribution in [0.3, 0.4) is 0 Å². The molecule has 116 valence electrons. The van der Waals surface area contributed by atoms with Crippen LogP contribution in [0.2, 0.25) is 0 Å². The third-order valence-corrected chi connectivity index (χ3v) is 4.00. The molecule has 0 saturated heterocycles. The molecule has 1 fully saturated rings. The zero-order valence-electron chi connectivity index (χ0n) is 12.6. The van der Waals surface area contributed by atoms with Gasteiger partial charge in [-0.2, -0.15) is 0 Å². The quantitative estimate of drug-likeness (QED) is 0.791. The summed E-state index contributed by atoms with van der Waals surface area (Å²) in [7, 11) is 0. The number of carbonyl (C=O) groups is 1. The standard InChI is InChI=1S/C17H26N2O2/c18-13-14-7-5-6-10-16(14)19-17(20)11-12-21-15-8-3-1-2-4-9-15/h5-7,10,15H,1-4,8-9,11-13,18H2,(H,19,20). The van der Waals surface area contributed by atoms with Crippen LogP contribution in [0.4, 0.5) is 5.69 Å². The summed E-state index contributed by atoms with van der Waals surface area (Å²) in [6.07, 6.45) is 8.15. The van der Waals surface area contributed by atoms with Crippen LogP contribution >= 0.6 is 0 Å². The summed E-state index contributed by atoms with van der Waals surface area (Å²) in [6.45, 7) is 0.927. The molecule has 1 aromatic carbocycles. The fraction of sp³-hybridized carbons (Fsp3) is 0.588. The Hall–Kier alpha value is -1.39. The predicted octanol–water partition coefficient (Wildman–Crippen LogP) is 3.21. The highest BCUT2D eigenvalue weighted by Crippen LogP contribution is 2.20. The zero-order valence-corrected chi connectivity index (χ0v) is 12.6. The summed E-state index contributed by atoms with van der Waals surface area (Å²) < 4.78 is 5.84. The number of anilines is 1. The topological polar surface area (TPSA) is 64.3 Å². The maximum absolute atomic E-state index is 12.0. The van der Waals surface area contributed by atoms with Gasteiger partial charge in [-0.3, -0.25) is 4.79 Å². The highest BCUT2D eigenvalue weighted by molar-refractivity contribution is 5.91. The number of amides is 1. The van der Waals surface area contributed by atoms with Gasteiger partial charge >= 0.3 is 0 Å². The number of carbonyl (C=O) groups excluding carboxylic acids is 1. The van der Waals surface area contributed by atoms with Gasteiger partial charge in [0, 0.05) is 12.2 Å². The highest BCUT2D eigenvalue weighted by Gasteiger charge is 2.13. The van der Waals surface area contributed by atoms with Gasteiger partial charge in [-0.25, -0.2) is 0 Å². The van der Waals surface area contributed by atoms with E-state index < -0.39 is 0 Å². The number of nitrogens with two attached hydrogens (primary N) is 1. The second-order valence-electron chi connectivity index (χ2n) is 5.64. The lowest BCUT2D eigenvalue weighted by atomic mass is 10.1. The van der Waals surface area contributed by atoms with Crippen LogP contribution in [0.5, 0.6) is 0 Å². The summed E-state index contributed by atoms with van der Waals surface area (Å²) in [6, 6.07) is 7.63. The Balaban J connectivity index is 1.72. The smallest absolute Gasteiger partial charge is 0.226 e. The van der Waals surface area contributed by atoms with E-state index in [1.165, 1.54) is 25.7 Å². The Morgan fingerprint density at radius 1 is 1.19 bits per heavy atom. The number of nitrogens with one attached hydrogen (secondary N) is 1. The molecule has 4 heteroatoms. The van der Waals surface area contributed by atoms with Gasteiger partial charge in [0.05, 0.1) is 19.1 Å². The Labute approximate surface area is 127 Å². The Morgan fingerprint density at radius 2 is 1.90 bits per heavy atom. The van der Waals surface area contributed by atoms with Crippen LogP contribution in [-0.4, -0.2) is 18.6 Å². The van der Waals surface area contributed by atoms with Gasteiger partial charge < -0.3 is 15.8 Å². The van der Waals surface area contributed by atoms with E-state index in [4.69, 9.17) is 10.5 Å². The monoisotopic (exact) mass is 290 g/mol. The van der Waals surface area contributed by atoms with Gasteiger partial charge in [0.1, 0.15) is 0 Å². The molecule has 4 nitrogen and oxygen atoms in total. The summed E-state index contributed by atoms with van der Waals surface area (Å²) in [4.78, 5) is 12.0. The molecule has 0 unspecified atom stereocenters. The molecule has 0 heterocycles. The highest BCUT2D eigenvalue weighted by atomic mass is 16.5.